The third kappa shape index (κ3) is 1.55. The molecule has 2 N–H and O–H groups in total. The molecule has 2 aromatic rings. The van der Waals surface area contributed by atoms with Gasteiger partial charge in [0.1, 0.15) is 5.54 Å². The van der Waals surface area contributed by atoms with Crippen molar-refractivity contribution in [3.8, 4) is 11.4 Å². The van der Waals surface area contributed by atoms with Crippen LogP contribution in [0.3, 0.4) is 0 Å². The highest BCUT2D eigenvalue weighted by Crippen LogP contribution is 2.28. The third-order valence-electron chi connectivity index (χ3n) is 2.68. The quantitative estimate of drug-likeness (QED) is 0.854. The van der Waals surface area contributed by atoms with Crippen molar-refractivity contribution in [2.45, 2.75) is 12.0 Å². The zero-order valence-electron chi connectivity index (χ0n) is 8.55. The van der Waals surface area contributed by atoms with Crippen LogP contribution in [-0.4, -0.2) is 23.4 Å². The Morgan fingerprint density at radius 2 is 2.44 bits per heavy atom. The minimum Gasteiger partial charge on any atom is -0.379 e. The van der Waals surface area contributed by atoms with Gasteiger partial charge in [-0.2, -0.15) is 16.3 Å². The number of rotatable bonds is 2. The maximum Gasteiger partial charge on any atom is 0.249 e. The van der Waals surface area contributed by atoms with Gasteiger partial charge in [-0.05, 0) is 17.9 Å². The minimum absolute atomic E-state index is 0.443. The number of ether oxygens (including phenoxy) is 1. The van der Waals surface area contributed by atoms with Crippen LogP contribution in [0.4, 0.5) is 0 Å². The van der Waals surface area contributed by atoms with Crippen molar-refractivity contribution in [1.29, 1.82) is 0 Å². The molecule has 1 saturated heterocycles. The molecule has 0 aliphatic carbocycles. The number of nitrogens with two attached hydrogens (primary N) is 1. The molecular weight excluding hydrogens is 226 g/mol. The fourth-order valence-corrected chi connectivity index (χ4v) is 2.32. The molecule has 3 rings (SSSR count). The molecule has 1 aliphatic heterocycles. The van der Waals surface area contributed by atoms with Crippen LogP contribution in [0.1, 0.15) is 12.3 Å². The molecule has 0 aromatic carbocycles. The summed E-state index contributed by atoms with van der Waals surface area (Å²) < 4.78 is 10.5. The van der Waals surface area contributed by atoms with E-state index in [0.717, 1.165) is 12.0 Å². The van der Waals surface area contributed by atoms with Crippen LogP contribution in [0.25, 0.3) is 11.4 Å². The predicted octanol–water partition coefficient (Wildman–Crippen LogP) is 1.37. The van der Waals surface area contributed by atoms with E-state index in [9.17, 15) is 0 Å². The van der Waals surface area contributed by atoms with Crippen molar-refractivity contribution < 1.29 is 9.26 Å². The maximum absolute atomic E-state index is 6.13. The molecule has 6 heteroatoms. The fraction of sp³-hybridized carbons (Fsp3) is 0.400. The van der Waals surface area contributed by atoms with E-state index < -0.39 is 5.54 Å². The van der Waals surface area contributed by atoms with Gasteiger partial charge in [-0.1, -0.05) is 5.16 Å². The molecule has 0 bridgehead atoms. The number of nitrogens with zero attached hydrogens (tertiary/aromatic N) is 2. The van der Waals surface area contributed by atoms with E-state index in [1.54, 1.807) is 11.3 Å². The summed E-state index contributed by atoms with van der Waals surface area (Å²) in [6.07, 6.45) is 0.721. The van der Waals surface area contributed by atoms with Crippen molar-refractivity contribution in [2.75, 3.05) is 13.2 Å². The minimum atomic E-state index is -0.610. The Labute approximate surface area is 96.2 Å². The van der Waals surface area contributed by atoms with Crippen LogP contribution < -0.4 is 5.73 Å². The first-order chi connectivity index (χ1) is 7.78. The van der Waals surface area contributed by atoms with E-state index in [1.807, 2.05) is 16.8 Å². The summed E-state index contributed by atoms with van der Waals surface area (Å²) in [6, 6.07) is 1.95. The average Bonchev–Trinajstić information content (AvgIpc) is 2.98. The van der Waals surface area contributed by atoms with Gasteiger partial charge in [-0.25, -0.2) is 0 Å². The largest absolute Gasteiger partial charge is 0.379 e. The molecule has 1 unspecified atom stereocenters. The summed E-state index contributed by atoms with van der Waals surface area (Å²) in [5.41, 5.74) is 6.48. The first-order valence-electron chi connectivity index (χ1n) is 5.01. The highest BCUT2D eigenvalue weighted by molar-refractivity contribution is 7.08. The molecule has 16 heavy (non-hydrogen) atoms. The first kappa shape index (κ1) is 9.95. The van der Waals surface area contributed by atoms with Crippen LogP contribution in [-0.2, 0) is 10.3 Å². The SMILES string of the molecule is NC1(c2nc(-c3ccsc3)no2)CCOC1. The smallest absolute Gasteiger partial charge is 0.249 e. The topological polar surface area (TPSA) is 74.2 Å². The zero-order valence-corrected chi connectivity index (χ0v) is 9.37. The van der Waals surface area contributed by atoms with Crippen LogP contribution in [0.2, 0.25) is 0 Å². The van der Waals surface area contributed by atoms with Gasteiger partial charge in [0, 0.05) is 17.6 Å². The monoisotopic (exact) mass is 237 g/mol. The molecule has 2 aromatic heterocycles. The maximum atomic E-state index is 6.13. The Morgan fingerprint density at radius 3 is 3.12 bits per heavy atom. The van der Waals surface area contributed by atoms with Crippen molar-refractivity contribution >= 4 is 11.3 Å². The molecule has 1 aliphatic rings. The Hall–Kier alpha value is -1.24. The number of aromatic nitrogens is 2. The van der Waals surface area contributed by atoms with Crippen molar-refractivity contribution in [2.24, 2.45) is 5.73 Å². The molecule has 0 spiro atoms. The Kier molecular flexibility index (Phi) is 2.27. The van der Waals surface area contributed by atoms with E-state index >= 15 is 0 Å². The first-order valence-corrected chi connectivity index (χ1v) is 5.96. The molecule has 0 radical (unpaired) electrons. The second-order valence-corrected chi connectivity index (χ2v) is 4.67. The Balaban J connectivity index is 1.93. The average molecular weight is 237 g/mol. The summed E-state index contributed by atoms with van der Waals surface area (Å²) in [6.45, 7) is 1.09. The van der Waals surface area contributed by atoms with Crippen molar-refractivity contribution in [3.05, 3.63) is 22.7 Å². The lowest BCUT2D eigenvalue weighted by Gasteiger charge is -2.14. The predicted molar refractivity (Wildman–Crippen MR) is 58.9 cm³/mol. The highest BCUT2D eigenvalue weighted by Gasteiger charge is 2.38. The summed E-state index contributed by atoms with van der Waals surface area (Å²) >= 11 is 1.60. The number of hydrogen-bond donors (Lipinski definition) is 1. The standard InChI is InChI=1S/C10H11N3O2S/c11-10(2-3-14-6-10)9-12-8(13-15-9)7-1-4-16-5-7/h1,4-5H,2-3,6,11H2. The van der Waals surface area contributed by atoms with E-state index in [-0.39, 0.29) is 0 Å². The van der Waals surface area contributed by atoms with E-state index in [4.69, 9.17) is 15.0 Å². The van der Waals surface area contributed by atoms with Gasteiger partial charge >= 0.3 is 0 Å². The second-order valence-electron chi connectivity index (χ2n) is 3.89. The zero-order chi connectivity index (χ0) is 11.0. The summed E-state index contributed by atoms with van der Waals surface area (Å²) in [5, 5.41) is 7.88. The molecule has 1 atom stereocenters. The van der Waals surface area contributed by atoms with Gasteiger partial charge in [0.15, 0.2) is 0 Å². The molecule has 0 amide bonds. The second kappa shape index (κ2) is 3.65. The van der Waals surface area contributed by atoms with Crippen molar-refractivity contribution in [1.82, 2.24) is 10.1 Å². The summed E-state index contributed by atoms with van der Waals surface area (Å²) in [5.74, 6) is 1.05. The molecule has 0 saturated carbocycles. The Morgan fingerprint density at radius 1 is 1.50 bits per heavy atom. The van der Waals surface area contributed by atoms with E-state index in [2.05, 4.69) is 10.1 Å². The van der Waals surface area contributed by atoms with Crippen LogP contribution in [0.5, 0.6) is 0 Å². The van der Waals surface area contributed by atoms with E-state index in [0.29, 0.717) is 24.9 Å². The van der Waals surface area contributed by atoms with Gasteiger partial charge in [-0.15, -0.1) is 0 Å². The normalized spacial score (nSPS) is 25.1. The summed E-state index contributed by atoms with van der Waals surface area (Å²) in [7, 11) is 0. The van der Waals surface area contributed by atoms with Gasteiger partial charge < -0.3 is 15.0 Å². The number of thiophene rings is 1. The third-order valence-corrected chi connectivity index (χ3v) is 3.37. The number of hydrogen-bond acceptors (Lipinski definition) is 6. The lowest BCUT2D eigenvalue weighted by molar-refractivity contribution is 0.166. The molecular formula is C10H11N3O2S. The molecule has 3 heterocycles. The molecule has 5 nitrogen and oxygen atoms in total. The van der Waals surface area contributed by atoms with Gasteiger partial charge in [0.25, 0.3) is 0 Å². The van der Waals surface area contributed by atoms with Crippen LogP contribution in [0, 0.1) is 0 Å². The van der Waals surface area contributed by atoms with Gasteiger partial charge in [0.2, 0.25) is 11.7 Å². The summed E-state index contributed by atoms with van der Waals surface area (Å²) in [4.78, 5) is 4.33. The molecule has 84 valence electrons. The molecule has 1 fully saturated rings. The van der Waals surface area contributed by atoms with E-state index in [1.165, 1.54) is 0 Å². The highest BCUT2D eigenvalue weighted by atomic mass is 32.1. The van der Waals surface area contributed by atoms with Gasteiger partial charge in [0.05, 0.1) is 6.61 Å². The fourth-order valence-electron chi connectivity index (χ4n) is 1.68. The van der Waals surface area contributed by atoms with Crippen LogP contribution in [0.15, 0.2) is 21.3 Å². The van der Waals surface area contributed by atoms with Crippen LogP contribution >= 0.6 is 11.3 Å². The van der Waals surface area contributed by atoms with Crippen molar-refractivity contribution in [3.63, 3.8) is 0 Å². The van der Waals surface area contributed by atoms with Gasteiger partial charge in [-0.3, -0.25) is 0 Å². The Bertz CT molecular complexity index is 474. The lowest BCUT2D eigenvalue weighted by Crippen LogP contribution is -2.37. The lowest BCUT2D eigenvalue weighted by atomic mass is 10.0.